The third-order valence-corrected chi connectivity index (χ3v) is 6.24. The van der Waals surface area contributed by atoms with Gasteiger partial charge < -0.3 is 19.8 Å². The molecule has 1 heterocycles. The van der Waals surface area contributed by atoms with Crippen molar-refractivity contribution in [1.82, 2.24) is 0 Å². The number of fused-ring (bicyclic) bond motifs is 1. The first-order valence-corrected chi connectivity index (χ1v) is 10.6. The number of aromatic carboxylic acids is 1. The number of amides is 1. The van der Waals surface area contributed by atoms with Crippen molar-refractivity contribution in [3.05, 3.63) is 82.1 Å². The molecule has 3 aromatic rings. The van der Waals surface area contributed by atoms with E-state index in [4.69, 9.17) is 21.4 Å². The number of likely N-dealkylation sites (N-methyl/N-ethyl adjacent to an activating group) is 1. The van der Waals surface area contributed by atoms with Gasteiger partial charge in [0.2, 0.25) is 0 Å². The third kappa shape index (κ3) is 4.29. The highest BCUT2D eigenvalue weighted by molar-refractivity contribution is 6.31. The summed E-state index contributed by atoms with van der Waals surface area (Å²) >= 11 is 6.51. The molecule has 0 radical (unpaired) electrons. The minimum atomic E-state index is -1.33. The summed E-state index contributed by atoms with van der Waals surface area (Å²) in [7, 11) is 1.66. The summed E-state index contributed by atoms with van der Waals surface area (Å²) in [6.45, 7) is 1.81. The summed E-state index contributed by atoms with van der Waals surface area (Å²) in [5.41, 5.74) is 2.59. The molecule has 0 aromatic heterocycles. The number of benzene rings is 3. The Hall–Kier alpha value is -3.42. The Morgan fingerprint density at radius 2 is 1.82 bits per heavy atom. The SMILES string of the molecule is C[C@@H](c1ccc(-c2ccc(C(=O)O)c(F)c2)cc1Cl)C(O)c1ccc2c(c1)N(C)C(=O)CO2. The fraction of sp³-hybridized carbons (Fsp3) is 0.200. The highest BCUT2D eigenvalue weighted by Crippen LogP contribution is 2.40. The van der Waals surface area contributed by atoms with Gasteiger partial charge in [-0.1, -0.05) is 42.8 Å². The molecule has 3 aromatic carbocycles. The van der Waals surface area contributed by atoms with Crippen LogP contribution in [0.2, 0.25) is 5.02 Å². The van der Waals surface area contributed by atoms with Crippen molar-refractivity contribution in [2.24, 2.45) is 0 Å². The quantitative estimate of drug-likeness (QED) is 0.547. The number of nitrogens with zero attached hydrogens (tertiary/aromatic N) is 1. The van der Waals surface area contributed by atoms with Crippen LogP contribution in [-0.2, 0) is 4.79 Å². The van der Waals surface area contributed by atoms with Crippen LogP contribution < -0.4 is 9.64 Å². The molecule has 0 fully saturated rings. The van der Waals surface area contributed by atoms with Crippen LogP contribution in [-0.4, -0.2) is 35.7 Å². The fourth-order valence-electron chi connectivity index (χ4n) is 3.88. The smallest absolute Gasteiger partial charge is 0.338 e. The predicted octanol–water partition coefficient (Wildman–Crippen LogP) is 5.04. The molecule has 4 rings (SSSR count). The lowest BCUT2D eigenvalue weighted by molar-refractivity contribution is -0.121. The normalized spacial score (nSPS) is 14.9. The van der Waals surface area contributed by atoms with Gasteiger partial charge in [0.15, 0.2) is 6.61 Å². The maximum atomic E-state index is 14.1. The zero-order valence-corrected chi connectivity index (χ0v) is 18.6. The molecule has 8 heteroatoms. The molecule has 0 spiro atoms. The molecule has 1 aliphatic heterocycles. The minimum absolute atomic E-state index is 0.0211. The number of halogens is 2. The zero-order valence-electron chi connectivity index (χ0n) is 17.9. The number of carbonyl (C=O) groups excluding carboxylic acids is 1. The van der Waals surface area contributed by atoms with Gasteiger partial charge >= 0.3 is 5.97 Å². The van der Waals surface area contributed by atoms with Gasteiger partial charge in [-0.2, -0.15) is 0 Å². The van der Waals surface area contributed by atoms with Gasteiger partial charge in [0, 0.05) is 18.0 Å². The number of carbonyl (C=O) groups is 2. The molecule has 1 amide bonds. The van der Waals surface area contributed by atoms with E-state index in [1.807, 2.05) is 6.92 Å². The van der Waals surface area contributed by atoms with Crippen molar-refractivity contribution in [3.8, 4) is 16.9 Å². The van der Waals surface area contributed by atoms with Crippen molar-refractivity contribution in [1.29, 1.82) is 0 Å². The predicted molar refractivity (Wildman–Crippen MR) is 123 cm³/mol. The molecule has 2 atom stereocenters. The van der Waals surface area contributed by atoms with Crippen molar-refractivity contribution in [2.75, 3.05) is 18.6 Å². The standard InChI is InChI=1S/C25H21ClFNO5/c1-13(24(30)16-5-8-22-21(11-16)28(2)23(29)12-33-22)17-6-3-14(9-19(17)26)15-4-7-18(25(31)32)20(27)10-15/h3-11,13,24,30H,12H2,1-2H3,(H,31,32)/t13-,24?/m0/s1. The zero-order chi connectivity index (χ0) is 23.9. The van der Waals surface area contributed by atoms with E-state index in [9.17, 15) is 19.1 Å². The third-order valence-electron chi connectivity index (χ3n) is 5.91. The van der Waals surface area contributed by atoms with E-state index in [1.54, 1.807) is 43.4 Å². The van der Waals surface area contributed by atoms with Gasteiger partial charge in [0.25, 0.3) is 5.91 Å². The van der Waals surface area contributed by atoms with Gasteiger partial charge in [-0.05, 0) is 52.6 Å². The van der Waals surface area contributed by atoms with Gasteiger partial charge in [-0.3, -0.25) is 4.79 Å². The summed E-state index contributed by atoms with van der Waals surface area (Å²) in [4.78, 5) is 24.5. The van der Waals surface area contributed by atoms with Crippen molar-refractivity contribution < 1.29 is 28.9 Å². The molecular weight excluding hydrogens is 449 g/mol. The number of carboxylic acid groups (broad SMARTS) is 1. The maximum absolute atomic E-state index is 14.1. The average Bonchev–Trinajstić information content (AvgIpc) is 2.80. The molecule has 1 aliphatic rings. The van der Waals surface area contributed by atoms with Crippen LogP contribution >= 0.6 is 11.6 Å². The topological polar surface area (TPSA) is 87.1 Å². The number of hydrogen-bond donors (Lipinski definition) is 2. The summed E-state index contributed by atoms with van der Waals surface area (Å²) in [6.07, 6.45) is -0.906. The van der Waals surface area contributed by atoms with Crippen LogP contribution in [0.1, 0.15) is 40.4 Å². The van der Waals surface area contributed by atoms with Crippen molar-refractivity contribution in [3.63, 3.8) is 0 Å². The Kier molecular flexibility index (Phi) is 6.10. The molecule has 2 N–H and O–H groups in total. The van der Waals surface area contributed by atoms with Crippen LogP contribution in [0.4, 0.5) is 10.1 Å². The molecule has 170 valence electrons. The van der Waals surface area contributed by atoms with Crippen molar-refractivity contribution >= 4 is 29.2 Å². The molecule has 33 heavy (non-hydrogen) atoms. The van der Waals surface area contributed by atoms with Crippen molar-refractivity contribution in [2.45, 2.75) is 18.9 Å². The van der Waals surface area contributed by atoms with E-state index in [1.165, 1.54) is 17.0 Å². The van der Waals surface area contributed by atoms with Crippen LogP contribution in [0.3, 0.4) is 0 Å². The van der Waals surface area contributed by atoms with E-state index in [2.05, 4.69) is 0 Å². The molecule has 0 aliphatic carbocycles. The molecule has 0 bridgehead atoms. The number of anilines is 1. The van der Waals surface area contributed by atoms with E-state index >= 15 is 0 Å². The summed E-state index contributed by atoms with van der Waals surface area (Å²) < 4.78 is 19.5. The van der Waals surface area contributed by atoms with Gasteiger partial charge in [-0.25, -0.2) is 9.18 Å². The Morgan fingerprint density at radius 3 is 2.48 bits per heavy atom. The number of hydrogen-bond acceptors (Lipinski definition) is 4. The van der Waals surface area contributed by atoms with Crippen LogP contribution in [0.5, 0.6) is 5.75 Å². The van der Waals surface area contributed by atoms with Crippen LogP contribution in [0.15, 0.2) is 54.6 Å². The van der Waals surface area contributed by atoms with E-state index in [0.717, 1.165) is 6.07 Å². The van der Waals surface area contributed by atoms with Gasteiger partial charge in [-0.15, -0.1) is 0 Å². The van der Waals surface area contributed by atoms with Crippen LogP contribution in [0.25, 0.3) is 11.1 Å². The first-order chi connectivity index (χ1) is 15.7. The van der Waals surface area contributed by atoms with E-state index < -0.39 is 23.5 Å². The van der Waals surface area contributed by atoms with E-state index in [-0.39, 0.29) is 18.4 Å². The number of aliphatic hydroxyl groups is 1. The largest absolute Gasteiger partial charge is 0.482 e. The summed E-state index contributed by atoms with van der Waals surface area (Å²) in [5.74, 6) is -2.15. The maximum Gasteiger partial charge on any atom is 0.338 e. The Morgan fingerprint density at radius 1 is 1.12 bits per heavy atom. The number of ether oxygens (including phenoxy) is 1. The fourth-order valence-corrected chi connectivity index (χ4v) is 4.23. The number of aliphatic hydroxyl groups excluding tert-OH is 1. The molecule has 0 saturated carbocycles. The lowest BCUT2D eigenvalue weighted by Gasteiger charge is -2.28. The Labute approximate surface area is 194 Å². The number of carboxylic acids is 1. The second kappa shape index (κ2) is 8.84. The first-order valence-electron chi connectivity index (χ1n) is 10.2. The molecule has 1 unspecified atom stereocenters. The number of rotatable bonds is 5. The van der Waals surface area contributed by atoms with Gasteiger partial charge in [0.1, 0.15) is 11.6 Å². The first kappa shape index (κ1) is 22.8. The average molecular weight is 470 g/mol. The highest BCUT2D eigenvalue weighted by atomic mass is 35.5. The molecule has 6 nitrogen and oxygen atoms in total. The summed E-state index contributed by atoms with van der Waals surface area (Å²) in [6, 6.07) is 14.2. The second-order valence-corrected chi connectivity index (χ2v) is 8.35. The molecular formula is C25H21ClFNO5. The summed E-state index contributed by atoms with van der Waals surface area (Å²) in [5, 5.41) is 20.4. The van der Waals surface area contributed by atoms with Gasteiger partial charge in [0.05, 0.1) is 17.4 Å². The second-order valence-electron chi connectivity index (χ2n) is 7.94. The van der Waals surface area contributed by atoms with Crippen LogP contribution in [0, 0.1) is 5.82 Å². The molecule has 0 saturated heterocycles. The lowest BCUT2D eigenvalue weighted by Crippen LogP contribution is -2.35. The van der Waals surface area contributed by atoms with E-state index in [0.29, 0.717) is 38.7 Å². The Balaban J connectivity index is 1.60. The monoisotopic (exact) mass is 469 g/mol. The Bertz CT molecular complexity index is 1260. The highest BCUT2D eigenvalue weighted by Gasteiger charge is 2.26. The minimum Gasteiger partial charge on any atom is -0.482 e. The lowest BCUT2D eigenvalue weighted by atomic mass is 9.89.